The van der Waals surface area contributed by atoms with Crippen LogP contribution in [0.1, 0.15) is 44.7 Å². The summed E-state index contributed by atoms with van der Waals surface area (Å²) in [5.74, 6) is -1.61. The fourth-order valence-electron chi connectivity index (χ4n) is 5.08. The first-order valence-electron chi connectivity index (χ1n) is 9.89. The first kappa shape index (κ1) is 18.2. The Labute approximate surface area is 159 Å². The van der Waals surface area contributed by atoms with E-state index in [0.29, 0.717) is 6.54 Å². The number of aryl methyl sites for hydroxylation is 1. The Morgan fingerprint density at radius 1 is 1.19 bits per heavy atom. The SMILES string of the molecule is CCCCN1C(=O)[C@H]2[C@@H](C1=O)[C@]1(N[C@H]2C(C)C)C(=O)Nc2c(C)cccc21. The topological polar surface area (TPSA) is 78.5 Å². The second kappa shape index (κ2) is 6.16. The Morgan fingerprint density at radius 2 is 1.93 bits per heavy atom. The lowest BCUT2D eigenvalue weighted by atomic mass is 9.75. The Morgan fingerprint density at radius 3 is 2.59 bits per heavy atom. The number of nitrogens with zero attached hydrogens (tertiary/aromatic N) is 1. The molecule has 1 spiro atoms. The molecule has 3 aliphatic rings. The molecule has 0 aromatic heterocycles. The number of likely N-dealkylation sites (tertiary alicyclic amines) is 1. The maximum Gasteiger partial charge on any atom is 0.250 e. The number of para-hydroxylation sites is 1. The lowest BCUT2D eigenvalue weighted by Crippen LogP contribution is -2.54. The summed E-state index contributed by atoms with van der Waals surface area (Å²) in [6.45, 7) is 8.48. The molecular formula is C21H27N3O3. The van der Waals surface area contributed by atoms with Crippen LogP contribution >= 0.6 is 0 Å². The molecule has 1 aromatic rings. The summed E-state index contributed by atoms with van der Waals surface area (Å²) >= 11 is 0. The van der Waals surface area contributed by atoms with Crippen LogP contribution in [0.3, 0.4) is 0 Å². The van der Waals surface area contributed by atoms with Crippen molar-refractivity contribution < 1.29 is 14.4 Å². The predicted molar refractivity (Wildman–Crippen MR) is 102 cm³/mol. The minimum Gasteiger partial charge on any atom is -0.324 e. The van der Waals surface area contributed by atoms with Crippen molar-refractivity contribution in [3.8, 4) is 0 Å². The van der Waals surface area contributed by atoms with E-state index in [0.717, 1.165) is 29.7 Å². The van der Waals surface area contributed by atoms with E-state index in [4.69, 9.17) is 0 Å². The van der Waals surface area contributed by atoms with Gasteiger partial charge in [0.15, 0.2) is 0 Å². The molecule has 6 heteroatoms. The molecule has 6 nitrogen and oxygen atoms in total. The summed E-state index contributed by atoms with van der Waals surface area (Å²) in [5.41, 5.74) is 1.37. The third-order valence-electron chi connectivity index (χ3n) is 6.44. The van der Waals surface area contributed by atoms with Gasteiger partial charge in [-0.25, -0.2) is 0 Å². The molecule has 0 bridgehead atoms. The number of carbonyl (C=O) groups excluding carboxylic acids is 3. The summed E-state index contributed by atoms with van der Waals surface area (Å²) in [6, 6.07) is 5.54. The van der Waals surface area contributed by atoms with Crippen LogP contribution in [0.5, 0.6) is 0 Å². The zero-order valence-electron chi connectivity index (χ0n) is 16.3. The van der Waals surface area contributed by atoms with Gasteiger partial charge in [0, 0.05) is 23.8 Å². The van der Waals surface area contributed by atoms with Crippen LogP contribution in [0.2, 0.25) is 0 Å². The van der Waals surface area contributed by atoms with Crippen molar-refractivity contribution in [3.05, 3.63) is 29.3 Å². The van der Waals surface area contributed by atoms with E-state index >= 15 is 0 Å². The molecule has 4 rings (SSSR count). The molecule has 0 aliphatic carbocycles. The number of unbranched alkanes of at least 4 members (excludes halogenated alkanes) is 1. The molecule has 4 atom stereocenters. The lowest BCUT2D eigenvalue weighted by molar-refractivity contribution is -0.143. The standard InChI is InChI=1S/C21H27N3O3/c1-5-6-10-24-18(25)14-15(19(24)26)21(23-16(14)11(2)3)13-9-7-8-12(4)17(13)22-20(21)27/h7-9,11,14-16,23H,5-6,10H2,1-4H3,(H,22,27)/t14-,15-,16-,21-/m0/s1. The largest absolute Gasteiger partial charge is 0.324 e. The van der Waals surface area contributed by atoms with Crippen molar-refractivity contribution in [3.63, 3.8) is 0 Å². The number of hydrogen-bond donors (Lipinski definition) is 2. The van der Waals surface area contributed by atoms with Crippen molar-refractivity contribution in [1.29, 1.82) is 0 Å². The van der Waals surface area contributed by atoms with E-state index in [2.05, 4.69) is 10.6 Å². The third kappa shape index (κ3) is 2.25. The second-order valence-corrected chi connectivity index (χ2v) is 8.36. The first-order chi connectivity index (χ1) is 12.8. The van der Waals surface area contributed by atoms with Crippen LogP contribution in [0.25, 0.3) is 0 Å². The normalized spacial score (nSPS) is 31.8. The zero-order chi connectivity index (χ0) is 19.5. The van der Waals surface area contributed by atoms with Gasteiger partial charge in [0.2, 0.25) is 17.7 Å². The minimum atomic E-state index is -1.16. The maximum atomic E-state index is 13.4. The monoisotopic (exact) mass is 369 g/mol. The molecule has 2 saturated heterocycles. The summed E-state index contributed by atoms with van der Waals surface area (Å²) in [5, 5.41) is 6.44. The predicted octanol–water partition coefficient (Wildman–Crippen LogP) is 2.17. The number of hydrogen-bond acceptors (Lipinski definition) is 4. The van der Waals surface area contributed by atoms with E-state index in [9.17, 15) is 14.4 Å². The van der Waals surface area contributed by atoms with Gasteiger partial charge < -0.3 is 5.32 Å². The van der Waals surface area contributed by atoms with Gasteiger partial charge in [-0.05, 0) is 24.8 Å². The van der Waals surface area contributed by atoms with Crippen LogP contribution < -0.4 is 10.6 Å². The molecule has 0 unspecified atom stereocenters. The number of imide groups is 1. The molecular weight excluding hydrogens is 342 g/mol. The van der Waals surface area contributed by atoms with Crippen molar-refractivity contribution in [1.82, 2.24) is 10.2 Å². The zero-order valence-corrected chi connectivity index (χ0v) is 16.3. The second-order valence-electron chi connectivity index (χ2n) is 8.36. The third-order valence-corrected chi connectivity index (χ3v) is 6.44. The molecule has 0 radical (unpaired) electrons. The first-order valence-corrected chi connectivity index (χ1v) is 9.89. The molecule has 27 heavy (non-hydrogen) atoms. The number of nitrogens with one attached hydrogen (secondary N) is 2. The molecule has 3 aliphatic heterocycles. The van der Waals surface area contributed by atoms with E-state index in [1.54, 1.807) is 0 Å². The van der Waals surface area contributed by atoms with E-state index in [1.807, 2.05) is 45.9 Å². The van der Waals surface area contributed by atoms with Gasteiger partial charge >= 0.3 is 0 Å². The van der Waals surface area contributed by atoms with Crippen molar-refractivity contribution in [2.24, 2.45) is 17.8 Å². The van der Waals surface area contributed by atoms with Gasteiger partial charge in [0.25, 0.3) is 0 Å². The minimum absolute atomic E-state index is 0.126. The van der Waals surface area contributed by atoms with E-state index < -0.39 is 17.4 Å². The summed E-state index contributed by atoms with van der Waals surface area (Å²) in [4.78, 5) is 41.2. The fraction of sp³-hybridized carbons (Fsp3) is 0.571. The van der Waals surface area contributed by atoms with Gasteiger partial charge in [-0.2, -0.15) is 0 Å². The van der Waals surface area contributed by atoms with Crippen LogP contribution in [-0.4, -0.2) is 35.2 Å². The fourth-order valence-corrected chi connectivity index (χ4v) is 5.08. The molecule has 144 valence electrons. The summed E-state index contributed by atoms with van der Waals surface area (Å²) in [7, 11) is 0. The smallest absolute Gasteiger partial charge is 0.250 e. The number of fused-ring (bicyclic) bond motifs is 4. The van der Waals surface area contributed by atoms with Crippen molar-refractivity contribution in [2.45, 2.75) is 52.1 Å². The Kier molecular flexibility index (Phi) is 4.14. The van der Waals surface area contributed by atoms with Gasteiger partial charge in [-0.15, -0.1) is 0 Å². The highest BCUT2D eigenvalue weighted by Gasteiger charge is 2.70. The van der Waals surface area contributed by atoms with Crippen LogP contribution in [0, 0.1) is 24.7 Å². The molecule has 2 N–H and O–H groups in total. The van der Waals surface area contributed by atoms with Crippen LogP contribution in [0.15, 0.2) is 18.2 Å². The van der Waals surface area contributed by atoms with E-state index in [-0.39, 0.29) is 29.7 Å². The molecule has 0 saturated carbocycles. The van der Waals surface area contributed by atoms with Gasteiger partial charge in [-0.1, -0.05) is 45.4 Å². The maximum absolute atomic E-state index is 13.4. The number of anilines is 1. The highest BCUT2D eigenvalue weighted by molar-refractivity contribution is 6.15. The quantitative estimate of drug-likeness (QED) is 0.798. The van der Waals surface area contributed by atoms with Gasteiger partial charge in [-0.3, -0.25) is 24.6 Å². The molecule has 3 heterocycles. The van der Waals surface area contributed by atoms with E-state index in [1.165, 1.54) is 4.90 Å². The van der Waals surface area contributed by atoms with Crippen LogP contribution in [-0.2, 0) is 19.9 Å². The van der Waals surface area contributed by atoms with Gasteiger partial charge in [0.1, 0.15) is 5.54 Å². The number of benzene rings is 1. The summed E-state index contributed by atoms with van der Waals surface area (Å²) in [6.07, 6.45) is 1.69. The average molecular weight is 369 g/mol. The number of rotatable bonds is 4. The number of amides is 3. The highest BCUT2D eigenvalue weighted by atomic mass is 16.2. The Bertz CT molecular complexity index is 834. The Balaban J connectivity index is 1.87. The molecule has 1 aromatic carbocycles. The highest BCUT2D eigenvalue weighted by Crippen LogP contribution is 2.54. The van der Waals surface area contributed by atoms with Crippen molar-refractivity contribution in [2.75, 3.05) is 11.9 Å². The van der Waals surface area contributed by atoms with Gasteiger partial charge in [0.05, 0.1) is 11.8 Å². The molecule has 3 amide bonds. The number of carbonyl (C=O) groups is 3. The lowest BCUT2D eigenvalue weighted by Gasteiger charge is -2.30. The summed E-state index contributed by atoms with van der Waals surface area (Å²) < 4.78 is 0. The molecule has 2 fully saturated rings. The Hall–Kier alpha value is -2.21. The average Bonchev–Trinajstić information content (AvgIpc) is 3.21. The van der Waals surface area contributed by atoms with Crippen LogP contribution in [0.4, 0.5) is 5.69 Å². The van der Waals surface area contributed by atoms with Crippen molar-refractivity contribution >= 4 is 23.4 Å².